The van der Waals surface area contributed by atoms with Gasteiger partial charge in [0.1, 0.15) is 0 Å². The third-order valence-corrected chi connectivity index (χ3v) is 13.2. The van der Waals surface area contributed by atoms with Crippen molar-refractivity contribution >= 4 is 89.0 Å². The van der Waals surface area contributed by atoms with Crippen molar-refractivity contribution < 1.29 is 9.47 Å². The first kappa shape index (κ1) is 33.7. The van der Waals surface area contributed by atoms with Crippen LogP contribution >= 0.6 is 45.3 Å². The molecule has 0 aliphatic heterocycles. The Hall–Kier alpha value is -4.80. The minimum Gasteiger partial charge on any atom is -0.377 e. The molecule has 4 aromatic carbocycles. The van der Waals surface area contributed by atoms with Crippen molar-refractivity contribution in [3.05, 3.63) is 140 Å². The van der Waals surface area contributed by atoms with Crippen LogP contribution in [0.15, 0.2) is 140 Å². The second kappa shape index (κ2) is 14.8. The summed E-state index contributed by atoms with van der Waals surface area (Å²) in [4.78, 5) is 0. The van der Waals surface area contributed by atoms with Crippen LogP contribution in [0.25, 0.3) is 88.1 Å². The predicted octanol–water partition coefficient (Wildman–Crippen LogP) is 13.5. The number of aromatic nitrogens is 2. The molecule has 0 N–H and O–H groups in total. The van der Waals surface area contributed by atoms with Crippen LogP contribution in [0, 0.1) is 0 Å². The Balaban J connectivity index is 0.823. The van der Waals surface area contributed by atoms with Crippen LogP contribution in [0.1, 0.15) is 0 Å². The molecule has 0 atom stereocenters. The lowest BCUT2D eigenvalue weighted by Gasteiger charge is -2.11. The third-order valence-electron chi connectivity index (χ3n) is 10.4. The largest absolute Gasteiger partial charge is 0.377 e. The van der Waals surface area contributed by atoms with Crippen molar-refractivity contribution in [2.75, 3.05) is 26.4 Å². The lowest BCUT2D eigenvalue weighted by molar-refractivity contribution is 0.0431. The number of thiophene rings is 4. The van der Waals surface area contributed by atoms with E-state index in [0.717, 1.165) is 13.1 Å². The molecule has 0 saturated carbocycles. The molecule has 0 radical (unpaired) electrons. The molecule has 0 aliphatic carbocycles. The van der Waals surface area contributed by atoms with E-state index in [1.54, 1.807) is 45.3 Å². The highest BCUT2D eigenvalue weighted by Crippen LogP contribution is 2.38. The van der Waals surface area contributed by atoms with Crippen LogP contribution in [0.5, 0.6) is 0 Å². The Morgan fingerprint density at radius 2 is 0.630 bits per heavy atom. The van der Waals surface area contributed by atoms with E-state index in [2.05, 4.69) is 149 Å². The van der Waals surface area contributed by atoms with E-state index in [0.29, 0.717) is 26.4 Å². The van der Waals surface area contributed by atoms with Gasteiger partial charge in [-0.25, -0.2) is 0 Å². The number of hydrogen-bond acceptors (Lipinski definition) is 6. The first-order valence-corrected chi connectivity index (χ1v) is 21.9. The summed E-state index contributed by atoms with van der Waals surface area (Å²) in [6.45, 7) is 3.90. The molecule has 6 aromatic heterocycles. The normalized spacial score (nSPS) is 11.9. The molecule has 4 nitrogen and oxygen atoms in total. The quantitative estimate of drug-likeness (QED) is 0.109. The first-order valence-electron chi connectivity index (χ1n) is 18.2. The summed E-state index contributed by atoms with van der Waals surface area (Å²) in [5.74, 6) is 0. The summed E-state index contributed by atoms with van der Waals surface area (Å²) < 4.78 is 17.2. The van der Waals surface area contributed by atoms with Gasteiger partial charge in [-0.05, 0) is 160 Å². The SMILES string of the molecule is c1cc(-c2ccc3c(c2)c2cc(-c4ccsc4)ccc2n3CCOCCOCCn2c3ccc(-c4ccsc4)cc3c3cc(-c4ccsc4)ccc32)cs1. The summed E-state index contributed by atoms with van der Waals surface area (Å²) in [5, 5.41) is 22.6. The van der Waals surface area contributed by atoms with E-state index in [1.807, 2.05) is 0 Å². The molecular formula is C46H36N2O2S4. The molecule has 0 unspecified atom stereocenters. The maximum atomic E-state index is 6.20. The van der Waals surface area contributed by atoms with Crippen LogP contribution in [-0.4, -0.2) is 35.6 Å². The number of ether oxygens (including phenoxy) is 2. The zero-order valence-electron chi connectivity index (χ0n) is 29.4. The van der Waals surface area contributed by atoms with Crippen molar-refractivity contribution in [1.29, 1.82) is 0 Å². The lowest BCUT2D eigenvalue weighted by Crippen LogP contribution is -2.12. The van der Waals surface area contributed by atoms with Crippen molar-refractivity contribution in [3.8, 4) is 44.5 Å². The van der Waals surface area contributed by atoms with Gasteiger partial charge in [0.25, 0.3) is 0 Å². The molecule has 10 rings (SSSR count). The van der Waals surface area contributed by atoms with E-state index >= 15 is 0 Å². The van der Waals surface area contributed by atoms with Gasteiger partial charge >= 0.3 is 0 Å². The highest BCUT2D eigenvalue weighted by atomic mass is 32.1. The minimum atomic E-state index is 0.558. The van der Waals surface area contributed by atoms with E-state index in [-0.39, 0.29) is 0 Å². The van der Waals surface area contributed by atoms with Gasteiger partial charge in [0, 0.05) is 56.7 Å². The number of nitrogens with zero attached hydrogens (tertiary/aromatic N) is 2. The third kappa shape index (κ3) is 6.33. The molecule has 0 saturated heterocycles. The number of fused-ring (bicyclic) bond motifs is 6. The summed E-state index contributed by atoms with van der Waals surface area (Å²) in [5.41, 5.74) is 15.0. The lowest BCUT2D eigenvalue weighted by atomic mass is 10.0. The maximum Gasteiger partial charge on any atom is 0.0701 e. The monoisotopic (exact) mass is 776 g/mol. The van der Waals surface area contributed by atoms with Crippen molar-refractivity contribution in [1.82, 2.24) is 9.13 Å². The van der Waals surface area contributed by atoms with Crippen LogP contribution in [0.2, 0.25) is 0 Å². The smallest absolute Gasteiger partial charge is 0.0701 e. The average molecular weight is 777 g/mol. The van der Waals surface area contributed by atoms with Crippen LogP contribution < -0.4 is 0 Å². The summed E-state index contributed by atoms with van der Waals surface area (Å²) in [6, 6.07) is 36.3. The molecule has 0 amide bonds. The summed E-state index contributed by atoms with van der Waals surface area (Å²) >= 11 is 6.95. The fraction of sp³-hybridized carbons (Fsp3) is 0.130. The fourth-order valence-electron chi connectivity index (χ4n) is 7.76. The zero-order chi connectivity index (χ0) is 35.8. The molecule has 0 fully saturated rings. The van der Waals surface area contributed by atoms with E-state index in [4.69, 9.17) is 9.47 Å². The van der Waals surface area contributed by atoms with Gasteiger partial charge in [-0.1, -0.05) is 24.3 Å². The van der Waals surface area contributed by atoms with Gasteiger partial charge in [-0.2, -0.15) is 45.3 Å². The standard InChI is InChI=1S/C46H36N2O2S4/c1-5-43-39(23-31(1)35-9-19-51-27-35)40-24-32(36-10-20-52-28-36)2-6-44(40)47(43)13-15-49-17-18-50-16-14-48-45-7-3-33(37-11-21-53-29-37)25-41(45)42-26-34(4-8-46(42)48)38-12-22-54-30-38/h1-12,19-30H,13-18H2. The second-order valence-corrected chi connectivity index (χ2v) is 16.6. The van der Waals surface area contributed by atoms with Crippen LogP contribution in [0.4, 0.5) is 0 Å². The van der Waals surface area contributed by atoms with E-state index in [9.17, 15) is 0 Å². The maximum absolute atomic E-state index is 6.20. The molecule has 266 valence electrons. The van der Waals surface area contributed by atoms with Crippen molar-refractivity contribution in [2.45, 2.75) is 13.1 Å². The Labute approximate surface area is 329 Å². The van der Waals surface area contributed by atoms with Crippen molar-refractivity contribution in [2.24, 2.45) is 0 Å². The number of rotatable bonds is 13. The van der Waals surface area contributed by atoms with Gasteiger partial charge in [0.2, 0.25) is 0 Å². The Kier molecular flexibility index (Phi) is 9.24. The molecule has 10 aromatic rings. The fourth-order valence-corrected chi connectivity index (χ4v) is 10.4. The summed E-state index contributed by atoms with van der Waals surface area (Å²) in [6.07, 6.45) is 0. The van der Waals surface area contributed by atoms with Gasteiger partial charge < -0.3 is 18.6 Å². The molecule has 6 heterocycles. The number of hydrogen-bond donors (Lipinski definition) is 0. The Morgan fingerprint density at radius 3 is 0.889 bits per heavy atom. The molecule has 8 heteroatoms. The Morgan fingerprint density at radius 1 is 0.333 bits per heavy atom. The topological polar surface area (TPSA) is 28.3 Å². The zero-order valence-corrected chi connectivity index (χ0v) is 32.7. The molecule has 0 spiro atoms. The molecular weight excluding hydrogens is 741 g/mol. The highest BCUT2D eigenvalue weighted by Gasteiger charge is 2.16. The van der Waals surface area contributed by atoms with Gasteiger partial charge in [-0.3, -0.25) is 0 Å². The van der Waals surface area contributed by atoms with Crippen molar-refractivity contribution in [3.63, 3.8) is 0 Å². The predicted molar refractivity (Wildman–Crippen MR) is 234 cm³/mol. The molecule has 54 heavy (non-hydrogen) atoms. The highest BCUT2D eigenvalue weighted by molar-refractivity contribution is 7.09. The van der Waals surface area contributed by atoms with Gasteiger partial charge in [0.05, 0.1) is 26.4 Å². The van der Waals surface area contributed by atoms with Crippen LogP contribution in [0.3, 0.4) is 0 Å². The number of benzene rings is 4. The summed E-state index contributed by atoms with van der Waals surface area (Å²) in [7, 11) is 0. The first-order chi connectivity index (χ1) is 26.8. The van der Waals surface area contributed by atoms with Gasteiger partial charge in [-0.15, -0.1) is 0 Å². The minimum absolute atomic E-state index is 0.558. The molecule has 0 bridgehead atoms. The Bertz CT molecular complexity index is 2450. The average Bonchev–Trinajstić information content (AvgIpc) is 4.07. The van der Waals surface area contributed by atoms with Crippen LogP contribution in [-0.2, 0) is 22.6 Å². The van der Waals surface area contributed by atoms with E-state index in [1.165, 1.54) is 88.1 Å². The van der Waals surface area contributed by atoms with E-state index < -0.39 is 0 Å². The van der Waals surface area contributed by atoms with Gasteiger partial charge in [0.15, 0.2) is 0 Å². The second-order valence-electron chi connectivity index (χ2n) is 13.5. The molecule has 0 aliphatic rings.